The molecule has 1 saturated heterocycles. The Bertz CT molecular complexity index is 861. The standard InChI is InChI=1S/C26H35N3O2/c1-3-14-29(24-13-12-21-6-4-5-7-23(21)24)26(30)27-19-25(28-15-17-31-18-16-28)22-10-8-20(2)9-11-22/h4-11,24-25H,3,12-19H2,1-2H3,(H,27,30)/t24-,25+/m1/s1. The van der Waals surface area contributed by atoms with Gasteiger partial charge in [0.15, 0.2) is 0 Å². The van der Waals surface area contributed by atoms with Crippen molar-refractivity contribution < 1.29 is 9.53 Å². The normalized spacial score (nSPS) is 19.6. The number of nitrogens with zero attached hydrogens (tertiary/aromatic N) is 2. The zero-order valence-electron chi connectivity index (χ0n) is 18.8. The highest BCUT2D eigenvalue weighted by Crippen LogP contribution is 2.35. The van der Waals surface area contributed by atoms with E-state index in [1.807, 2.05) is 0 Å². The minimum Gasteiger partial charge on any atom is -0.379 e. The lowest BCUT2D eigenvalue weighted by Gasteiger charge is -2.36. The summed E-state index contributed by atoms with van der Waals surface area (Å²) in [5.74, 6) is 0. The van der Waals surface area contributed by atoms with Crippen molar-refractivity contribution in [3.8, 4) is 0 Å². The lowest BCUT2D eigenvalue weighted by atomic mass is 10.0. The first kappa shape index (κ1) is 21.8. The zero-order valence-corrected chi connectivity index (χ0v) is 18.8. The van der Waals surface area contributed by atoms with Gasteiger partial charge in [0, 0.05) is 26.2 Å². The number of urea groups is 1. The van der Waals surface area contributed by atoms with Crippen molar-refractivity contribution in [2.75, 3.05) is 39.4 Å². The molecule has 1 fully saturated rings. The number of amides is 2. The summed E-state index contributed by atoms with van der Waals surface area (Å²) in [7, 11) is 0. The van der Waals surface area contributed by atoms with Gasteiger partial charge in [0.1, 0.15) is 0 Å². The third kappa shape index (κ3) is 5.10. The maximum Gasteiger partial charge on any atom is 0.317 e. The quantitative estimate of drug-likeness (QED) is 0.717. The number of fused-ring (bicyclic) bond motifs is 1. The summed E-state index contributed by atoms with van der Waals surface area (Å²) in [5.41, 5.74) is 5.20. The molecule has 2 aromatic carbocycles. The number of rotatable bonds is 7. The van der Waals surface area contributed by atoms with Gasteiger partial charge in [0.25, 0.3) is 0 Å². The van der Waals surface area contributed by atoms with E-state index in [0.717, 1.165) is 52.1 Å². The van der Waals surface area contributed by atoms with Crippen LogP contribution in [0.4, 0.5) is 4.79 Å². The van der Waals surface area contributed by atoms with Crippen molar-refractivity contribution in [3.63, 3.8) is 0 Å². The number of morpholine rings is 1. The molecule has 2 atom stereocenters. The number of ether oxygens (including phenoxy) is 1. The Kier molecular flexibility index (Phi) is 7.25. The van der Waals surface area contributed by atoms with Gasteiger partial charge in [-0.05, 0) is 42.9 Å². The highest BCUT2D eigenvalue weighted by Gasteiger charge is 2.31. The molecule has 2 aliphatic rings. The second-order valence-corrected chi connectivity index (χ2v) is 8.71. The molecule has 2 aromatic rings. The van der Waals surface area contributed by atoms with Gasteiger partial charge in [-0.1, -0.05) is 61.0 Å². The van der Waals surface area contributed by atoms with E-state index in [0.29, 0.717) is 6.54 Å². The molecule has 0 saturated carbocycles. The summed E-state index contributed by atoms with van der Waals surface area (Å²) >= 11 is 0. The first-order valence-corrected chi connectivity index (χ1v) is 11.7. The Labute approximate surface area is 186 Å². The minimum atomic E-state index is 0.0499. The second kappa shape index (κ2) is 10.3. The molecule has 0 aromatic heterocycles. The van der Waals surface area contributed by atoms with Gasteiger partial charge in [-0.3, -0.25) is 4.90 Å². The third-order valence-electron chi connectivity index (χ3n) is 6.60. The first-order chi connectivity index (χ1) is 15.2. The molecule has 4 rings (SSSR count). The maximum absolute atomic E-state index is 13.4. The molecule has 1 aliphatic heterocycles. The van der Waals surface area contributed by atoms with Crippen LogP contribution in [0.2, 0.25) is 0 Å². The van der Waals surface area contributed by atoms with Crippen LogP contribution in [0.25, 0.3) is 0 Å². The van der Waals surface area contributed by atoms with Crippen LogP contribution in [0.5, 0.6) is 0 Å². The number of carbonyl (C=O) groups is 1. The Balaban J connectivity index is 1.48. The van der Waals surface area contributed by atoms with Crippen molar-refractivity contribution in [2.24, 2.45) is 0 Å². The van der Waals surface area contributed by atoms with Crippen molar-refractivity contribution in [1.82, 2.24) is 15.1 Å². The summed E-state index contributed by atoms with van der Waals surface area (Å²) in [6.45, 7) is 8.91. The molecule has 0 bridgehead atoms. The Morgan fingerprint density at radius 3 is 2.65 bits per heavy atom. The summed E-state index contributed by atoms with van der Waals surface area (Å²) < 4.78 is 5.56. The van der Waals surface area contributed by atoms with Gasteiger partial charge < -0.3 is 15.0 Å². The van der Waals surface area contributed by atoms with Crippen LogP contribution in [-0.2, 0) is 11.2 Å². The van der Waals surface area contributed by atoms with Crippen LogP contribution in [0.1, 0.15) is 54.1 Å². The summed E-state index contributed by atoms with van der Waals surface area (Å²) in [6, 6.07) is 17.7. The smallest absolute Gasteiger partial charge is 0.317 e. The van der Waals surface area contributed by atoms with Crippen LogP contribution in [-0.4, -0.2) is 55.2 Å². The van der Waals surface area contributed by atoms with Gasteiger partial charge in [-0.2, -0.15) is 0 Å². The predicted octanol–water partition coefficient (Wildman–Crippen LogP) is 4.48. The average Bonchev–Trinajstić information content (AvgIpc) is 3.23. The molecule has 2 amide bonds. The number of benzene rings is 2. The molecule has 0 unspecified atom stereocenters. The van der Waals surface area contributed by atoms with Crippen LogP contribution >= 0.6 is 0 Å². The number of hydrogen-bond donors (Lipinski definition) is 1. The van der Waals surface area contributed by atoms with E-state index in [-0.39, 0.29) is 18.1 Å². The largest absolute Gasteiger partial charge is 0.379 e. The van der Waals surface area contributed by atoms with E-state index < -0.39 is 0 Å². The number of aryl methyl sites for hydroxylation is 2. The van der Waals surface area contributed by atoms with Gasteiger partial charge in [0.05, 0.1) is 25.3 Å². The number of carbonyl (C=O) groups excluding carboxylic acids is 1. The van der Waals surface area contributed by atoms with E-state index >= 15 is 0 Å². The molecule has 166 valence electrons. The first-order valence-electron chi connectivity index (χ1n) is 11.7. The highest BCUT2D eigenvalue weighted by molar-refractivity contribution is 5.75. The van der Waals surface area contributed by atoms with E-state index in [1.54, 1.807) is 0 Å². The van der Waals surface area contributed by atoms with Crippen molar-refractivity contribution in [2.45, 2.75) is 45.2 Å². The molecule has 5 heteroatoms. The van der Waals surface area contributed by atoms with E-state index in [1.165, 1.54) is 22.3 Å². The van der Waals surface area contributed by atoms with E-state index in [4.69, 9.17) is 4.74 Å². The number of hydrogen-bond acceptors (Lipinski definition) is 3. The molecule has 1 aliphatic carbocycles. The van der Waals surface area contributed by atoms with Crippen molar-refractivity contribution >= 4 is 6.03 Å². The fourth-order valence-corrected chi connectivity index (χ4v) is 4.92. The van der Waals surface area contributed by atoms with E-state index in [9.17, 15) is 4.79 Å². The molecule has 5 nitrogen and oxygen atoms in total. The third-order valence-corrected chi connectivity index (χ3v) is 6.60. The topological polar surface area (TPSA) is 44.8 Å². The zero-order chi connectivity index (χ0) is 21.6. The monoisotopic (exact) mass is 421 g/mol. The lowest BCUT2D eigenvalue weighted by molar-refractivity contribution is 0.0163. The molecular formula is C26H35N3O2. The number of nitrogens with one attached hydrogen (secondary N) is 1. The predicted molar refractivity (Wildman–Crippen MR) is 124 cm³/mol. The fraction of sp³-hybridized carbons (Fsp3) is 0.500. The maximum atomic E-state index is 13.4. The van der Waals surface area contributed by atoms with Crippen LogP contribution < -0.4 is 5.32 Å². The van der Waals surface area contributed by atoms with Gasteiger partial charge in [-0.25, -0.2) is 4.79 Å². The Morgan fingerprint density at radius 2 is 1.90 bits per heavy atom. The molecule has 1 heterocycles. The summed E-state index contributed by atoms with van der Waals surface area (Å²) in [6.07, 6.45) is 3.02. The minimum absolute atomic E-state index is 0.0499. The van der Waals surface area contributed by atoms with Crippen LogP contribution in [0.3, 0.4) is 0 Å². The molecule has 0 spiro atoms. The molecular weight excluding hydrogens is 386 g/mol. The molecule has 31 heavy (non-hydrogen) atoms. The van der Waals surface area contributed by atoms with Crippen LogP contribution in [0, 0.1) is 6.92 Å². The second-order valence-electron chi connectivity index (χ2n) is 8.71. The van der Waals surface area contributed by atoms with Gasteiger partial charge in [-0.15, -0.1) is 0 Å². The summed E-state index contributed by atoms with van der Waals surface area (Å²) in [4.78, 5) is 17.9. The lowest BCUT2D eigenvalue weighted by Crippen LogP contribution is -2.47. The van der Waals surface area contributed by atoms with Crippen molar-refractivity contribution in [1.29, 1.82) is 0 Å². The molecule has 1 N–H and O–H groups in total. The fourth-order valence-electron chi connectivity index (χ4n) is 4.92. The summed E-state index contributed by atoms with van der Waals surface area (Å²) in [5, 5.41) is 3.29. The van der Waals surface area contributed by atoms with Gasteiger partial charge in [0.2, 0.25) is 0 Å². The van der Waals surface area contributed by atoms with Crippen LogP contribution in [0.15, 0.2) is 48.5 Å². The average molecular weight is 422 g/mol. The van der Waals surface area contributed by atoms with Gasteiger partial charge >= 0.3 is 6.03 Å². The van der Waals surface area contributed by atoms with E-state index in [2.05, 4.69) is 77.5 Å². The Hall–Kier alpha value is -2.37. The highest BCUT2D eigenvalue weighted by atomic mass is 16.5. The molecule has 0 radical (unpaired) electrons. The Morgan fingerprint density at radius 1 is 1.16 bits per heavy atom. The van der Waals surface area contributed by atoms with Crippen molar-refractivity contribution in [3.05, 3.63) is 70.8 Å². The SMILES string of the molecule is CCCN(C(=O)NC[C@@H](c1ccc(C)cc1)N1CCOCC1)[C@@H]1CCc2ccccc21.